The Morgan fingerprint density at radius 2 is 2.24 bits per heavy atom. The summed E-state index contributed by atoms with van der Waals surface area (Å²) in [6.45, 7) is 2.85. The van der Waals surface area contributed by atoms with E-state index in [0.29, 0.717) is 11.9 Å². The highest BCUT2D eigenvalue weighted by Crippen LogP contribution is 2.30. The molecule has 4 rings (SSSR count). The Labute approximate surface area is 127 Å². The van der Waals surface area contributed by atoms with Crippen LogP contribution in [0.2, 0.25) is 0 Å². The Kier molecular flexibility index (Phi) is 3.16. The largest absolute Gasteiger partial charge is 0.437 e. The molecule has 108 valence electrons. The summed E-state index contributed by atoms with van der Waals surface area (Å²) in [7, 11) is 0. The van der Waals surface area contributed by atoms with E-state index in [0.717, 1.165) is 28.5 Å². The van der Waals surface area contributed by atoms with E-state index in [9.17, 15) is 0 Å². The number of para-hydroxylation sites is 1. The molecule has 1 saturated carbocycles. The van der Waals surface area contributed by atoms with Crippen LogP contribution in [0.5, 0.6) is 11.6 Å². The third-order valence-electron chi connectivity index (χ3n) is 3.76. The van der Waals surface area contributed by atoms with Crippen molar-refractivity contribution in [3.05, 3.63) is 47.1 Å². The molecular formula is C16H17N3OS. The van der Waals surface area contributed by atoms with Crippen molar-refractivity contribution in [2.45, 2.75) is 32.4 Å². The lowest BCUT2D eigenvalue weighted by Crippen LogP contribution is -2.16. The van der Waals surface area contributed by atoms with Crippen LogP contribution in [0.3, 0.4) is 0 Å². The van der Waals surface area contributed by atoms with E-state index in [4.69, 9.17) is 4.74 Å². The first kappa shape index (κ1) is 12.9. The van der Waals surface area contributed by atoms with Crippen LogP contribution in [0.1, 0.15) is 24.1 Å². The smallest absolute Gasteiger partial charge is 0.243 e. The number of imidazole rings is 1. The van der Waals surface area contributed by atoms with Crippen molar-refractivity contribution >= 4 is 16.3 Å². The summed E-state index contributed by atoms with van der Waals surface area (Å²) in [5.41, 5.74) is 2.22. The van der Waals surface area contributed by atoms with Crippen LogP contribution < -0.4 is 10.1 Å². The fraction of sp³-hybridized carbons (Fsp3) is 0.312. The number of nitrogens with zero attached hydrogens (tertiary/aromatic N) is 2. The predicted molar refractivity (Wildman–Crippen MR) is 84.2 cm³/mol. The van der Waals surface area contributed by atoms with Crippen LogP contribution in [-0.2, 0) is 6.54 Å². The zero-order valence-electron chi connectivity index (χ0n) is 11.9. The predicted octanol–water partition coefficient (Wildman–Crippen LogP) is 3.75. The minimum atomic E-state index is 0.667. The molecule has 0 spiro atoms. The molecule has 0 saturated heterocycles. The zero-order valence-corrected chi connectivity index (χ0v) is 12.7. The average molecular weight is 299 g/mol. The highest BCUT2D eigenvalue weighted by molar-refractivity contribution is 7.15. The van der Waals surface area contributed by atoms with E-state index < -0.39 is 0 Å². The number of benzene rings is 1. The molecule has 0 aliphatic heterocycles. The number of nitrogens with one attached hydrogen (secondary N) is 1. The first-order valence-electron chi connectivity index (χ1n) is 7.22. The van der Waals surface area contributed by atoms with E-state index in [1.165, 1.54) is 12.8 Å². The molecule has 1 fully saturated rings. The molecule has 2 heterocycles. The molecule has 1 aromatic carbocycles. The molecule has 0 radical (unpaired) electrons. The summed E-state index contributed by atoms with van der Waals surface area (Å²) < 4.78 is 8.19. The van der Waals surface area contributed by atoms with Crippen LogP contribution in [0, 0.1) is 6.92 Å². The van der Waals surface area contributed by atoms with Crippen molar-refractivity contribution in [3.8, 4) is 11.6 Å². The number of hydrogen-bond donors (Lipinski definition) is 1. The Hall–Kier alpha value is -1.85. The summed E-state index contributed by atoms with van der Waals surface area (Å²) in [5.74, 6) is 1.58. The Morgan fingerprint density at radius 1 is 1.38 bits per heavy atom. The van der Waals surface area contributed by atoms with Crippen molar-refractivity contribution in [1.29, 1.82) is 0 Å². The van der Waals surface area contributed by atoms with Gasteiger partial charge >= 0.3 is 0 Å². The van der Waals surface area contributed by atoms with Gasteiger partial charge in [0.05, 0.1) is 0 Å². The van der Waals surface area contributed by atoms with Crippen LogP contribution in [0.4, 0.5) is 0 Å². The van der Waals surface area contributed by atoms with Crippen molar-refractivity contribution in [3.63, 3.8) is 0 Å². The van der Waals surface area contributed by atoms with Gasteiger partial charge in [-0.05, 0) is 31.4 Å². The molecule has 5 heteroatoms. The molecular weight excluding hydrogens is 282 g/mol. The Morgan fingerprint density at radius 3 is 3.05 bits per heavy atom. The third-order valence-corrected chi connectivity index (χ3v) is 4.52. The lowest BCUT2D eigenvalue weighted by Gasteiger charge is -2.09. The summed E-state index contributed by atoms with van der Waals surface area (Å²) >= 11 is 1.63. The van der Waals surface area contributed by atoms with Crippen LogP contribution in [0.15, 0.2) is 35.8 Å². The molecule has 1 aliphatic carbocycles. The number of thiazole rings is 1. The molecule has 21 heavy (non-hydrogen) atoms. The minimum Gasteiger partial charge on any atom is -0.437 e. The monoisotopic (exact) mass is 299 g/mol. The average Bonchev–Trinajstić information content (AvgIpc) is 3.10. The van der Waals surface area contributed by atoms with E-state index in [2.05, 4.69) is 39.3 Å². The molecule has 0 amide bonds. The molecule has 3 aromatic rings. The minimum absolute atomic E-state index is 0.667. The molecule has 0 atom stereocenters. The number of aromatic nitrogens is 2. The van der Waals surface area contributed by atoms with Gasteiger partial charge in [0.1, 0.15) is 11.4 Å². The van der Waals surface area contributed by atoms with E-state index >= 15 is 0 Å². The van der Waals surface area contributed by atoms with Gasteiger partial charge in [-0.2, -0.15) is 4.98 Å². The second-order valence-electron chi connectivity index (χ2n) is 5.44. The van der Waals surface area contributed by atoms with Crippen molar-refractivity contribution < 1.29 is 4.74 Å². The first-order chi connectivity index (χ1) is 10.3. The third kappa shape index (κ3) is 2.54. The second kappa shape index (κ2) is 5.16. The number of hydrogen-bond acceptors (Lipinski definition) is 4. The highest BCUT2D eigenvalue weighted by Gasteiger charge is 2.23. The highest BCUT2D eigenvalue weighted by atomic mass is 32.1. The van der Waals surface area contributed by atoms with Gasteiger partial charge in [0.25, 0.3) is 0 Å². The lowest BCUT2D eigenvalue weighted by molar-refractivity contribution is 0.452. The maximum absolute atomic E-state index is 6.07. The van der Waals surface area contributed by atoms with Crippen LogP contribution >= 0.6 is 11.3 Å². The first-order valence-corrected chi connectivity index (χ1v) is 8.10. The number of aryl methyl sites for hydroxylation is 1. The molecule has 0 bridgehead atoms. The van der Waals surface area contributed by atoms with Crippen LogP contribution in [0.25, 0.3) is 4.96 Å². The summed E-state index contributed by atoms with van der Waals surface area (Å²) in [5, 5.41) is 5.60. The van der Waals surface area contributed by atoms with Gasteiger partial charge in [0.2, 0.25) is 5.88 Å². The molecule has 2 aromatic heterocycles. The second-order valence-corrected chi connectivity index (χ2v) is 6.31. The maximum Gasteiger partial charge on any atom is 0.243 e. The molecule has 1 N–H and O–H groups in total. The SMILES string of the molecule is Cc1ccccc1Oc1nc2sccn2c1CNC1CC1. The molecule has 1 aliphatic rings. The summed E-state index contributed by atoms with van der Waals surface area (Å²) in [4.78, 5) is 5.60. The van der Waals surface area contributed by atoms with Crippen molar-refractivity contribution in [2.24, 2.45) is 0 Å². The van der Waals surface area contributed by atoms with Gasteiger partial charge in [-0.15, -0.1) is 11.3 Å². The van der Waals surface area contributed by atoms with Gasteiger partial charge < -0.3 is 10.1 Å². The van der Waals surface area contributed by atoms with Gasteiger partial charge in [-0.25, -0.2) is 0 Å². The normalized spacial score (nSPS) is 14.7. The maximum atomic E-state index is 6.07. The molecule has 4 nitrogen and oxygen atoms in total. The fourth-order valence-electron chi connectivity index (χ4n) is 2.36. The quantitative estimate of drug-likeness (QED) is 0.780. The number of ether oxygens (including phenoxy) is 1. The Bertz CT molecular complexity index is 773. The zero-order chi connectivity index (χ0) is 14.2. The summed E-state index contributed by atoms with van der Waals surface area (Å²) in [6, 6.07) is 8.71. The van der Waals surface area contributed by atoms with Crippen LogP contribution in [-0.4, -0.2) is 15.4 Å². The van der Waals surface area contributed by atoms with E-state index in [-0.39, 0.29) is 0 Å². The van der Waals surface area contributed by atoms with Gasteiger partial charge in [-0.3, -0.25) is 4.40 Å². The summed E-state index contributed by atoms with van der Waals surface area (Å²) in [6.07, 6.45) is 4.61. The number of fused-ring (bicyclic) bond motifs is 1. The standard InChI is InChI=1S/C16H17N3OS/c1-11-4-2-3-5-14(11)20-15-13(10-17-12-6-7-12)19-8-9-21-16(19)18-15/h2-5,8-9,12,17H,6-7,10H2,1H3. The topological polar surface area (TPSA) is 38.6 Å². The molecule has 0 unspecified atom stereocenters. The number of rotatable bonds is 5. The van der Waals surface area contributed by atoms with Gasteiger partial charge in [0, 0.05) is 24.2 Å². The lowest BCUT2D eigenvalue weighted by atomic mass is 10.2. The fourth-order valence-corrected chi connectivity index (χ4v) is 3.08. The van der Waals surface area contributed by atoms with Crippen molar-refractivity contribution in [1.82, 2.24) is 14.7 Å². The van der Waals surface area contributed by atoms with Gasteiger partial charge in [-0.1, -0.05) is 18.2 Å². The Balaban J connectivity index is 1.67. The van der Waals surface area contributed by atoms with E-state index in [1.807, 2.05) is 18.2 Å². The van der Waals surface area contributed by atoms with Crippen molar-refractivity contribution in [2.75, 3.05) is 0 Å². The van der Waals surface area contributed by atoms with Gasteiger partial charge in [0.15, 0.2) is 4.96 Å². The van der Waals surface area contributed by atoms with E-state index in [1.54, 1.807) is 11.3 Å².